The Morgan fingerprint density at radius 2 is 2.03 bits per heavy atom. The van der Waals surface area contributed by atoms with Crippen LogP contribution in [0, 0.1) is 5.92 Å². The van der Waals surface area contributed by atoms with Crippen molar-refractivity contribution >= 4 is 23.2 Å². The van der Waals surface area contributed by atoms with E-state index >= 15 is 0 Å². The van der Waals surface area contributed by atoms with Crippen molar-refractivity contribution in [3.8, 4) is 11.3 Å². The van der Waals surface area contributed by atoms with Crippen LogP contribution in [0.1, 0.15) is 42.2 Å². The van der Waals surface area contributed by atoms with Gasteiger partial charge in [-0.3, -0.25) is 9.59 Å². The SMILES string of the molecule is NCCOCC(=O)N1CCC[C@H](C(=O)NCc2nc(-c3ccc(C4CC4)cc3)cs2)C1. The van der Waals surface area contributed by atoms with Crippen LogP contribution in [-0.4, -0.2) is 54.5 Å². The lowest BCUT2D eigenvalue weighted by Gasteiger charge is -2.32. The Bertz CT molecular complexity index is 894. The van der Waals surface area contributed by atoms with Crippen LogP contribution < -0.4 is 11.1 Å². The van der Waals surface area contributed by atoms with Crippen LogP contribution in [-0.2, 0) is 20.9 Å². The maximum atomic E-state index is 12.7. The number of hydrogen-bond acceptors (Lipinski definition) is 6. The number of aromatic nitrogens is 1. The number of likely N-dealkylation sites (tertiary alicyclic amines) is 1. The largest absolute Gasteiger partial charge is 0.370 e. The molecule has 0 unspecified atom stereocenters. The number of nitrogens with two attached hydrogens (primary N) is 1. The first-order chi connectivity index (χ1) is 15.1. The van der Waals surface area contributed by atoms with Crippen molar-refractivity contribution in [3.63, 3.8) is 0 Å². The number of ether oxygens (including phenoxy) is 1. The summed E-state index contributed by atoms with van der Waals surface area (Å²) >= 11 is 1.56. The topological polar surface area (TPSA) is 97.5 Å². The smallest absolute Gasteiger partial charge is 0.248 e. The van der Waals surface area contributed by atoms with Crippen LogP contribution in [0.3, 0.4) is 0 Å². The maximum Gasteiger partial charge on any atom is 0.248 e. The number of nitrogens with one attached hydrogen (secondary N) is 1. The number of nitrogens with zero attached hydrogens (tertiary/aromatic N) is 2. The van der Waals surface area contributed by atoms with Gasteiger partial charge in [-0.05, 0) is 37.2 Å². The summed E-state index contributed by atoms with van der Waals surface area (Å²) in [5.74, 6) is 0.454. The van der Waals surface area contributed by atoms with Crippen molar-refractivity contribution in [2.75, 3.05) is 32.8 Å². The zero-order valence-corrected chi connectivity index (χ0v) is 18.5. The van der Waals surface area contributed by atoms with Gasteiger partial charge in [-0.2, -0.15) is 0 Å². The Labute approximate surface area is 187 Å². The summed E-state index contributed by atoms with van der Waals surface area (Å²) in [6, 6.07) is 8.67. The van der Waals surface area contributed by atoms with E-state index < -0.39 is 0 Å². The highest BCUT2D eigenvalue weighted by atomic mass is 32.1. The molecular weight excluding hydrogens is 412 g/mol. The number of carbonyl (C=O) groups is 2. The summed E-state index contributed by atoms with van der Waals surface area (Å²) in [6.45, 7) is 2.30. The van der Waals surface area contributed by atoms with Crippen LogP contribution in [0.5, 0.6) is 0 Å². The van der Waals surface area contributed by atoms with Gasteiger partial charge in [0.2, 0.25) is 11.8 Å². The number of thiazole rings is 1. The van der Waals surface area contributed by atoms with E-state index in [1.54, 1.807) is 16.2 Å². The third kappa shape index (κ3) is 5.90. The molecule has 2 fully saturated rings. The highest BCUT2D eigenvalue weighted by molar-refractivity contribution is 7.09. The predicted octanol–water partition coefficient (Wildman–Crippen LogP) is 2.52. The van der Waals surface area contributed by atoms with Gasteiger partial charge in [-0.1, -0.05) is 24.3 Å². The molecule has 4 rings (SSSR count). The maximum absolute atomic E-state index is 12.7. The van der Waals surface area contributed by atoms with E-state index in [-0.39, 0.29) is 24.3 Å². The van der Waals surface area contributed by atoms with Crippen LogP contribution in [0.25, 0.3) is 11.3 Å². The Balaban J connectivity index is 1.26. The molecular formula is C23H30N4O3S. The number of amides is 2. The Hall–Kier alpha value is -2.29. The zero-order valence-electron chi connectivity index (χ0n) is 17.7. The highest BCUT2D eigenvalue weighted by Gasteiger charge is 2.28. The van der Waals surface area contributed by atoms with Crippen molar-refractivity contribution in [3.05, 3.63) is 40.2 Å². The molecule has 1 aliphatic carbocycles. The molecule has 0 bridgehead atoms. The summed E-state index contributed by atoms with van der Waals surface area (Å²) in [5, 5.41) is 5.92. The first kappa shape index (κ1) is 21.9. The number of hydrogen-bond donors (Lipinski definition) is 2. The van der Waals surface area contributed by atoms with Gasteiger partial charge in [-0.25, -0.2) is 4.98 Å². The van der Waals surface area contributed by atoms with E-state index in [9.17, 15) is 9.59 Å². The Morgan fingerprint density at radius 1 is 1.23 bits per heavy atom. The molecule has 7 nitrogen and oxygen atoms in total. The Morgan fingerprint density at radius 3 is 2.77 bits per heavy atom. The van der Waals surface area contributed by atoms with E-state index in [1.807, 2.05) is 5.38 Å². The summed E-state index contributed by atoms with van der Waals surface area (Å²) in [4.78, 5) is 31.3. The van der Waals surface area contributed by atoms with E-state index in [4.69, 9.17) is 10.5 Å². The molecule has 31 heavy (non-hydrogen) atoms. The second kappa shape index (κ2) is 10.3. The lowest BCUT2D eigenvalue weighted by atomic mass is 9.97. The van der Waals surface area contributed by atoms with Gasteiger partial charge >= 0.3 is 0 Å². The lowest BCUT2D eigenvalue weighted by Crippen LogP contribution is -2.46. The number of benzene rings is 1. The third-order valence-electron chi connectivity index (χ3n) is 5.85. The molecule has 1 atom stereocenters. The standard InChI is InChI=1S/C23H30N4O3S/c24-9-11-30-14-22(28)27-10-1-2-19(13-27)23(29)25-12-21-26-20(15-31-21)18-7-5-17(6-8-18)16-3-4-16/h5-8,15-16,19H,1-4,9-14,24H2,(H,25,29)/t19-/m0/s1. The summed E-state index contributed by atoms with van der Waals surface area (Å²) in [5.41, 5.74) is 8.85. The van der Waals surface area contributed by atoms with Gasteiger partial charge < -0.3 is 20.7 Å². The van der Waals surface area contributed by atoms with Crippen molar-refractivity contribution in [1.82, 2.24) is 15.2 Å². The fourth-order valence-corrected chi connectivity index (χ4v) is 4.67. The van der Waals surface area contributed by atoms with Crippen LogP contribution >= 0.6 is 11.3 Å². The van der Waals surface area contributed by atoms with Crippen molar-refractivity contribution in [2.24, 2.45) is 11.7 Å². The van der Waals surface area contributed by atoms with E-state index in [1.165, 1.54) is 18.4 Å². The summed E-state index contributed by atoms with van der Waals surface area (Å²) in [6.07, 6.45) is 4.21. The quantitative estimate of drug-likeness (QED) is 0.582. The summed E-state index contributed by atoms with van der Waals surface area (Å²) < 4.78 is 5.24. The monoisotopic (exact) mass is 442 g/mol. The minimum atomic E-state index is -0.193. The van der Waals surface area contributed by atoms with Gasteiger partial charge in [0.15, 0.2) is 0 Å². The average Bonchev–Trinajstić information content (AvgIpc) is 3.55. The van der Waals surface area contributed by atoms with Gasteiger partial charge in [0.25, 0.3) is 0 Å². The minimum absolute atomic E-state index is 0.0223. The van der Waals surface area contributed by atoms with Crippen LogP contribution in [0.4, 0.5) is 0 Å². The number of piperidine rings is 1. The molecule has 1 aliphatic heterocycles. The molecule has 1 saturated carbocycles. The van der Waals surface area contributed by atoms with Gasteiger partial charge in [0, 0.05) is 30.6 Å². The second-order valence-electron chi connectivity index (χ2n) is 8.26. The van der Waals surface area contributed by atoms with Gasteiger partial charge in [0.1, 0.15) is 11.6 Å². The van der Waals surface area contributed by atoms with Crippen molar-refractivity contribution in [1.29, 1.82) is 0 Å². The van der Waals surface area contributed by atoms with Crippen molar-refractivity contribution in [2.45, 2.75) is 38.1 Å². The third-order valence-corrected chi connectivity index (χ3v) is 6.70. The molecule has 8 heteroatoms. The van der Waals surface area contributed by atoms with E-state index in [0.29, 0.717) is 32.8 Å². The average molecular weight is 443 g/mol. The first-order valence-electron chi connectivity index (χ1n) is 11.0. The predicted molar refractivity (Wildman–Crippen MR) is 121 cm³/mol. The molecule has 3 N–H and O–H groups in total. The number of carbonyl (C=O) groups excluding carboxylic acids is 2. The molecule has 0 radical (unpaired) electrons. The first-order valence-corrected chi connectivity index (χ1v) is 11.9. The van der Waals surface area contributed by atoms with Crippen molar-refractivity contribution < 1.29 is 14.3 Å². The second-order valence-corrected chi connectivity index (χ2v) is 9.20. The molecule has 0 spiro atoms. The molecule has 2 amide bonds. The highest BCUT2D eigenvalue weighted by Crippen LogP contribution is 2.40. The zero-order chi connectivity index (χ0) is 21.6. The van der Waals surface area contributed by atoms with Crippen LogP contribution in [0.15, 0.2) is 29.6 Å². The Kier molecular flexibility index (Phi) is 7.32. The molecule has 166 valence electrons. The van der Waals surface area contributed by atoms with Crippen LogP contribution in [0.2, 0.25) is 0 Å². The minimum Gasteiger partial charge on any atom is -0.370 e. The molecule has 2 heterocycles. The fourth-order valence-electron chi connectivity index (χ4n) is 3.93. The normalized spacial score (nSPS) is 18.7. The number of rotatable bonds is 9. The fraction of sp³-hybridized carbons (Fsp3) is 0.522. The van der Waals surface area contributed by atoms with Gasteiger partial charge in [-0.15, -0.1) is 11.3 Å². The molecule has 1 saturated heterocycles. The van der Waals surface area contributed by atoms with E-state index in [0.717, 1.165) is 35.0 Å². The lowest BCUT2D eigenvalue weighted by molar-refractivity contribution is -0.139. The molecule has 1 aromatic carbocycles. The van der Waals surface area contributed by atoms with Gasteiger partial charge in [0.05, 0.1) is 24.8 Å². The van der Waals surface area contributed by atoms with E-state index in [2.05, 4.69) is 34.6 Å². The summed E-state index contributed by atoms with van der Waals surface area (Å²) in [7, 11) is 0. The molecule has 2 aliphatic rings. The molecule has 2 aromatic rings. The molecule has 1 aromatic heterocycles.